The minimum Gasteiger partial charge on any atom is -0.492 e. The van der Waals surface area contributed by atoms with Gasteiger partial charge in [0.05, 0.1) is 17.9 Å². The van der Waals surface area contributed by atoms with Gasteiger partial charge < -0.3 is 10.1 Å². The Hall–Kier alpha value is -3.08. The van der Waals surface area contributed by atoms with Crippen molar-refractivity contribution in [3.63, 3.8) is 0 Å². The smallest absolute Gasteiger partial charge is 0.277 e. The van der Waals surface area contributed by atoms with Gasteiger partial charge in [-0.05, 0) is 31.5 Å². The molecule has 1 aliphatic heterocycles. The maximum Gasteiger partial charge on any atom is 0.277 e. The maximum absolute atomic E-state index is 12.6. The Bertz CT molecular complexity index is 853. The summed E-state index contributed by atoms with van der Waals surface area (Å²) in [5, 5.41) is 3.11. The molecule has 0 spiro atoms. The zero-order valence-electron chi connectivity index (χ0n) is 14.5. The van der Waals surface area contributed by atoms with Crippen LogP contribution in [-0.2, 0) is 9.59 Å². The average Bonchev–Trinajstić information content (AvgIpc) is 2.82. The highest BCUT2D eigenvalue weighted by Crippen LogP contribution is 2.32. The van der Waals surface area contributed by atoms with Crippen LogP contribution in [0.4, 0.5) is 5.69 Å². The molecule has 5 nitrogen and oxygen atoms in total. The van der Waals surface area contributed by atoms with Gasteiger partial charge in [-0.2, -0.15) is 0 Å². The zero-order valence-corrected chi connectivity index (χ0v) is 14.5. The Morgan fingerprint density at radius 2 is 1.68 bits per heavy atom. The molecular weight excluding hydrogens is 316 g/mol. The standard InChI is InChI=1S/C20H20N2O3/c1-4-25-16-8-6-5-7-15(16)21-18-17(19(23)22(3)20(18)24)14-11-9-13(2)10-12-14/h5-12,21H,4H2,1-3H3. The highest BCUT2D eigenvalue weighted by atomic mass is 16.5. The molecule has 0 aromatic heterocycles. The minimum atomic E-state index is -0.355. The summed E-state index contributed by atoms with van der Waals surface area (Å²) in [5.74, 6) is -0.0346. The lowest BCUT2D eigenvalue weighted by atomic mass is 10.0. The molecule has 3 rings (SSSR count). The van der Waals surface area contributed by atoms with Crippen molar-refractivity contribution in [1.29, 1.82) is 0 Å². The number of nitrogens with zero attached hydrogens (tertiary/aromatic N) is 1. The summed E-state index contributed by atoms with van der Waals surface area (Å²) in [4.78, 5) is 26.3. The number of amides is 2. The predicted molar refractivity (Wildman–Crippen MR) is 97.1 cm³/mol. The lowest BCUT2D eigenvalue weighted by Gasteiger charge is -2.13. The van der Waals surface area contributed by atoms with Crippen LogP contribution in [0.3, 0.4) is 0 Å². The Balaban J connectivity index is 2.07. The fraction of sp³-hybridized carbons (Fsp3) is 0.200. The van der Waals surface area contributed by atoms with E-state index >= 15 is 0 Å². The van der Waals surface area contributed by atoms with E-state index < -0.39 is 0 Å². The number of imide groups is 1. The first-order valence-corrected chi connectivity index (χ1v) is 8.15. The van der Waals surface area contributed by atoms with Gasteiger partial charge in [-0.3, -0.25) is 14.5 Å². The van der Waals surface area contributed by atoms with Crippen LogP contribution in [0.15, 0.2) is 54.2 Å². The molecule has 0 aliphatic carbocycles. The van der Waals surface area contributed by atoms with Gasteiger partial charge in [-0.1, -0.05) is 42.0 Å². The second-order valence-corrected chi connectivity index (χ2v) is 5.84. The number of hydrogen-bond acceptors (Lipinski definition) is 4. The van der Waals surface area contributed by atoms with E-state index in [1.54, 1.807) is 0 Å². The molecule has 1 aliphatic rings. The predicted octanol–water partition coefficient (Wildman–Crippen LogP) is 3.22. The fourth-order valence-corrected chi connectivity index (χ4v) is 2.73. The van der Waals surface area contributed by atoms with Gasteiger partial charge in [-0.25, -0.2) is 0 Å². The summed E-state index contributed by atoms with van der Waals surface area (Å²) < 4.78 is 5.60. The van der Waals surface area contributed by atoms with Gasteiger partial charge >= 0.3 is 0 Å². The van der Waals surface area contributed by atoms with Gasteiger partial charge in [0.2, 0.25) is 0 Å². The van der Waals surface area contributed by atoms with Gasteiger partial charge in [0.25, 0.3) is 11.8 Å². The summed E-state index contributed by atoms with van der Waals surface area (Å²) in [6.07, 6.45) is 0. The molecule has 5 heteroatoms. The lowest BCUT2D eigenvalue weighted by molar-refractivity contribution is -0.135. The molecule has 0 saturated heterocycles. The van der Waals surface area contributed by atoms with E-state index in [-0.39, 0.29) is 17.5 Å². The van der Waals surface area contributed by atoms with Crippen molar-refractivity contribution in [2.45, 2.75) is 13.8 Å². The molecule has 1 N–H and O–H groups in total. The molecule has 0 atom stereocenters. The van der Waals surface area contributed by atoms with Crippen LogP contribution >= 0.6 is 0 Å². The third-order valence-corrected chi connectivity index (χ3v) is 4.07. The van der Waals surface area contributed by atoms with Crippen molar-refractivity contribution in [3.8, 4) is 5.75 Å². The molecule has 1 heterocycles. The zero-order chi connectivity index (χ0) is 18.0. The molecule has 2 aromatic rings. The van der Waals surface area contributed by atoms with E-state index in [2.05, 4.69) is 5.32 Å². The Kier molecular flexibility index (Phi) is 4.57. The monoisotopic (exact) mass is 336 g/mol. The van der Waals surface area contributed by atoms with E-state index in [4.69, 9.17) is 4.74 Å². The maximum atomic E-state index is 12.6. The quantitative estimate of drug-likeness (QED) is 0.852. The van der Waals surface area contributed by atoms with Crippen LogP contribution in [0.5, 0.6) is 5.75 Å². The third-order valence-electron chi connectivity index (χ3n) is 4.07. The van der Waals surface area contributed by atoms with Gasteiger partial charge in [0, 0.05) is 7.05 Å². The van der Waals surface area contributed by atoms with Crippen molar-refractivity contribution in [2.75, 3.05) is 19.0 Å². The Morgan fingerprint density at radius 1 is 1.00 bits per heavy atom. The highest BCUT2D eigenvalue weighted by molar-refractivity contribution is 6.36. The number of ether oxygens (including phenoxy) is 1. The number of benzene rings is 2. The van der Waals surface area contributed by atoms with Gasteiger partial charge in [0.15, 0.2) is 0 Å². The molecule has 2 aromatic carbocycles. The summed E-state index contributed by atoms with van der Waals surface area (Å²) in [7, 11) is 1.49. The molecule has 2 amide bonds. The second kappa shape index (κ2) is 6.81. The van der Waals surface area contributed by atoms with E-state index in [0.29, 0.717) is 29.2 Å². The Morgan fingerprint density at radius 3 is 2.36 bits per heavy atom. The number of carbonyl (C=O) groups excluding carboxylic acids is 2. The Labute approximate surface area is 146 Å². The van der Waals surface area contributed by atoms with Crippen LogP contribution in [0.1, 0.15) is 18.1 Å². The van der Waals surface area contributed by atoms with E-state index in [9.17, 15) is 9.59 Å². The summed E-state index contributed by atoms with van der Waals surface area (Å²) >= 11 is 0. The molecule has 0 saturated carbocycles. The van der Waals surface area contributed by atoms with Crippen LogP contribution in [-0.4, -0.2) is 30.4 Å². The van der Waals surface area contributed by atoms with E-state index in [1.807, 2.05) is 62.4 Å². The van der Waals surface area contributed by atoms with E-state index in [1.165, 1.54) is 7.05 Å². The number of rotatable bonds is 5. The summed E-state index contributed by atoms with van der Waals surface area (Å²) in [5.41, 5.74) is 3.10. The molecular formula is C20H20N2O3. The lowest BCUT2D eigenvalue weighted by Crippen LogP contribution is -2.28. The molecule has 0 fully saturated rings. The van der Waals surface area contributed by atoms with Crippen molar-refractivity contribution in [1.82, 2.24) is 4.90 Å². The topological polar surface area (TPSA) is 58.6 Å². The number of hydrogen-bond donors (Lipinski definition) is 1. The number of carbonyl (C=O) groups is 2. The fourth-order valence-electron chi connectivity index (χ4n) is 2.73. The van der Waals surface area contributed by atoms with Crippen LogP contribution in [0.25, 0.3) is 5.57 Å². The van der Waals surface area contributed by atoms with Gasteiger partial charge in [-0.15, -0.1) is 0 Å². The third kappa shape index (κ3) is 3.13. The van der Waals surface area contributed by atoms with Crippen molar-refractivity contribution in [2.24, 2.45) is 0 Å². The average molecular weight is 336 g/mol. The second-order valence-electron chi connectivity index (χ2n) is 5.84. The molecule has 128 valence electrons. The largest absolute Gasteiger partial charge is 0.492 e. The minimum absolute atomic E-state index is 0.267. The molecule has 0 bridgehead atoms. The van der Waals surface area contributed by atoms with Crippen molar-refractivity contribution >= 4 is 23.1 Å². The van der Waals surface area contributed by atoms with Crippen LogP contribution < -0.4 is 10.1 Å². The molecule has 25 heavy (non-hydrogen) atoms. The van der Waals surface area contributed by atoms with Crippen LogP contribution in [0, 0.1) is 6.92 Å². The first-order valence-electron chi connectivity index (χ1n) is 8.15. The number of aryl methyl sites for hydroxylation is 1. The highest BCUT2D eigenvalue weighted by Gasteiger charge is 2.37. The van der Waals surface area contributed by atoms with Crippen molar-refractivity contribution < 1.29 is 14.3 Å². The first-order chi connectivity index (χ1) is 12.0. The first kappa shape index (κ1) is 16.8. The number of para-hydroxylation sites is 2. The number of anilines is 1. The van der Waals surface area contributed by atoms with Gasteiger partial charge in [0.1, 0.15) is 11.4 Å². The molecule has 0 radical (unpaired) electrons. The summed E-state index contributed by atoms with van der Waals surface area (Å²) in [6.45, 7) is 4.38. The SMILES string of the molecule is CCOc1ccccc1NC1=C(c2ccc(C)cc2)C(=O)N(C)C1=O. The number of nitrogens with one attached hydrogen (secondary N) is 1. The van der Waals surface area contributed by atoms with Crippen LogP contribution in [0.2, 0.25) is 0 Å². The molecule has 0 unspecified atom stereocenters. The summed E-state index contributed by atoms with van der Waals surface area (Å²) in [6, 6.07) is 14.9. The normalized spacial score (nSPS) is 14.3. The number of likely N-dealkylation sites (N-methyl/N-ethyl adjacent to an activating group) is 1. The van der Waals surface area contributed by atoms with Crippen molar-refractivity contribution in [3.05, 3.63) is 65.4 Å². The van der Waals surface area contributed by atoms with E-state index in [0.717, 1.165) is 10.5 Å².